The fourth-order valence-electron chi connectivity index (χ4n) is 4.23. The zero-order valence-corrected chi connectivity index (χ0v) is 18.0. The van der Waals surface area contributed by atoms with Crippen LogP contribution in [0.3, 0.4) is 0 Å². The smallest absolute Gasteiger partial charge is 1.00 e. The van der Waals surface area contributed by atoms with Gasteiger partial charge in [0.25, 0.3) is 0 Å². The van der Waals surface area contributed by atoms with Crippen molar-refractivity contribution < 1.29 is 49.5 Å². The van der Waals surface area contributed by atoms with Crippen LogP contribution >= 0.6 is 0 Å². The number of rotatable bonds is 1. The van der Waals surface area contributed by atoms with Gasteiger partial charge in [-0.25, -0.2) is 0 Å². The average molecular weight is 416 g/mol. The summed E-state index contributed by atoms with van der Waals surface area (Å²) in [4.78, 5) is 0. The summed E-state index contributed by atoms with van der Waals surface area (Å²) in [7, 11) is 0. The van der Waals surface area contributed by atoms with E-state index in [-0.39, 0.29) is 24.8 Å². The van der Waals surface area contributed by atoms with Crippen LogP contribution in [0.15, 0.2) is 17.7 Å². The van der Waals surface area contributed by atoms with Crippen LogP contribution in [0.5, 0.6) is 0 Å². The summed E-state index contributed by atoms with van der Waals surface area (Å²) in [6.07, 6.45) is 6.98. The van der Waals surface area contributed by atoms with Crippen molar-refractivity contribution in [2.45, 2.75) is 68.8 Å². The molecular formula is C19H25Cl2Zr. The second kappa shape index (κ2) is 7.54. The first-order chi connectivity index (χ1) is 9.46. The predicted molar refractivity (Wildman–Crippen MR) is 82.6 cm³/mol. The van der Waals surface area contributed by atoms with E-state index in [2.05, 4.69) is 39.8 Å². The standard InChI is InChI=1S/C19H25.2ClH.Zr/c1-13-8-9-17(19(4)10-6-5-7-11-19)18-15(3)14(2)12-16(13)18;;;/h8-9,12H,5-7,10-11H2,1-4H3;2*1H;/q;;;+2/p-2. The first-order valence-electron chi connectivity index (χ1n) is 7.98. The fourth-order valence-corrected chi connectivity index (χ4v) is 5.68. The Morgan fingerprint density at radius 2 is 1.59 bits per heavy atom. The molecule has 0 aromatic heterocycles. The third kappa shape index (κ3) is 3.15. The van der Waals surface area contributed by atoms with Gasteiger partial charge in [0, 0.05) is 0 Å². The van der Waals surface area contributed by atoms with Crippen molar-refractivity contribution in [3.8, 4) is 0 Å². The van der Waals surface area contributed by atoms with Crippen molar-refractivity contribution in [2.24, 2.45) is 0 Å². The first-order valence-corrected chi connectivity index (χ1v) is 9.40. The Labute approximate surface area is 163 Å². The normalized spacial score (nSPS) is 22.7. The summed E-state index contributed by atoms with van der Waals surface area (Å²) in [6, 6.07) is 4.83. The second-order valence-electron chi connectivity index (χ2n) is 7.08. The number of aryl methyl sites for hydroxylation is 1. The number of hydrogen-bond acceptors (Lipinski definition) is 0. The summed E-state index contributed by atoms with van der Waals surface area (Å²) in [5.41, 5.74) is 10.1. The molecule has 119 valence electrons. The molecule has 2 aliphatic rings. The molecule has 3 rings (SSSR count). The minimum atomic E-state index is 0. The van der Waals surface area contributed by atoms with Gasteiger partial charge in [0.05, 0.1) is 0 Å². The molecule has 1 aromatic rings. The number of halogens is 2. The fraction of sp³-hybridized carbons (Fsp3) is 0.579. The zero-order chi connectivity index (χ0) is 14.5. The third-order valence-electron chi connectivity index (χ3n) is 5.76. The van der Waals surface area contributed by atoms with Crippen LogP contribution in [0.2, 0.25) is 0 Å². The van der Waals surface area contributed by atoms with Crippen LogP contribution in [0.25, 0.3) is 5.57 Å². The number of allylic oxidation sites excluding steroid dienone is 2. The van der Waals surface area contributed by atoms with E-state index in [4.69, 9.17) is 0 Å². The maximum absolute atomic E-state index is 2.51. The average Bonchev–Trinajstić information content (AvgIpc) is 2.66. The van der Waals surface area contributed by atoms with Gasteiger partial charge < -0.3 is 24.8 Å². The van der Waals surface area contributed by atoms with Crippen molar-refractivity contribution in [3.05, 3.63) is 40.0 Å². The minimum absolute atomic E-state index is 0. The quantitative estimate of drug-likeness (QED) is 0.587. The van der Waals surface area contributed by atoms with E-state index in [1.54, 1.807) is 52.6 Å². The van der Waals surface area contributed by atoms with Crippen LogP contribution in [0.1, 0.15) is 78.8 Å². The van der Waals surface area contributed by atoms with Crippen LogP contribution in [-0.2, 0) is 30.1 Å². The van der Waals surface area contributed by atoms with Gasteiger partial charge in [0.1, 0.15) is 0 Å². The van der Waals surface area contributed by atoms with Gasteiger partial charge >= 0.3 is 139 Å². The van der Waals surface area contributed by atoms with Crippen molar-refractivity contribution in [1.29, 1.82) is 0 Å². The van der Waals surface area contributed by atoms with Gasteiger partial charge in [-0.05, 0) is 0 Å². The van der Waals surface area contributed by atoms with Crippen molar-refractivity contribution >= 4 is 5.57 Å². The van der Waals surface area contributed by atoms with Gasteiger partial charge in [-0.2, -0.15) is 0 Å². The molecule has 0 nitrogen and oxygen atoms in total. The van der Waals surface area contributed by atoms with Crippen LogP contribution in [0, 0.1) is 6.92 Å². The van der Waals surface area contributed by atoms with Crippen molar-refractivity contribution in [3.63, 3.8) is 0 Å². The topological polar surface area (TPSA) is 0 Å². The Kier molecular flexibility index (Phi) is 7.02. The Morgan fingerprint density at radius 1 is 1.00 bits per heavy atom. The van der Waals surface area contributed by atoms with Gasteiger partial charge in [-0.1, -0.05) is 0 Å². The molecule has 22 heavy (non-hydrogen) atoms. The Bertz CT molecular complexity index is 583. The molecule has 1 aromatic carbocycles. The van der Waals surface area contributed by atoms with Crippen LogP contribution in [0.4, 0.5) is 0 Å². The van der Waals surface area contributed by atoms with Gasteiger partial charge in [-0.15, -0.1) is 0 Å². The van der Waals surface area contributed by atoms with E-state index in [0.717, 1.165) is 0 Å². The molecule has 0 heterocycles. The molecule has 1 unspecified atom stereocenters. The SMILES string of the molecule is CC1=C(C)[CH]([Zr+2])c2c(C)ccc(C3(C)CCCCC3)c21.[Cl-].[Cl-]. The molecule has 0 spiro atoms. The number of benzene rings is 1. The summed E-state index contributed by atoms with van der Waals surface area (Å²) < 4.78 is 0.698. The molecule has 3 heteroatoms. The van der Waals surface area contributed by atoms with Gasteiger partial charge in [-0.3, -0.25) is 0 Å². The molecule has 0 aliphatic heterocycles. The second-order valence-corrected chi connectivity index (χ2v) is 8.50. The summed E-state index contributed by atoms with van der Waals surface area (Å²) in [5, 5.41) is 0. The van der Waals surface area contributed by atoms with Crippen LogP contribution < -0.4 is 24.8 Å². The predicted octanol–water partition coefficient (Wildman–Crippen LogP) is -0.380. The van der Waals surface area contributed by atoms with E-state index in [1.165, 1.54) is 37.7 Å². The van der Waals surface area contributed by atoms with E-state index < -0.39 is 0 Å². The largest absolute Gasteiger partial charge is 1.00 e. The molecule has 0 saturated heterocycles. The molecule has 1 atom stereocenters. The zero-order valence-electron chi connectivity index (χ0n) is 14.0. The minimum Gasteiger partial charge on any atom is -1.00 e. The maximum atomic E-state index is 2.51. The third-order valence-corrected chi connectivity index (χ3v) is 7.53. The molecule has 0 N–H and O–H groups in total. The first kappa shape index (κ1) is 20.5. The number of fused-ring (bicyclic) bond motifs is 1. The van der Waals surface area contributed by atoms with E-state index in [0.29, 0.717) is 9.04 Å². The summed E-state index contributed by atoms with van der Waals surface area (Å²) >= 11 is 1.64. The van der Waals surface area contributed by atoms with Crippen LogP contribution in [-0.4, -0.2) is 0 Å². The molecule has 2 aliphatic carbocycles. The van der Waals surface area contributed by atoms with Gasteiger partial charge in [0.2, 0.25) is 0 Å². The van der Waals surface area contributed by atoms with Crippen molar-refractivity contribution in [1.82, 2.24) is 0 Å². The summed E-state index contributed by atoms with van der Waals surface area (Å²) in [6.45, 7) is 9.51. The molecule has 0 radical (unpaired) electrons. The maximum Gasteiger partial charge on any atom is -1.00 e. The molecule has 0 amide bonds. The number of hydrogen-bond donors (Lipinski definition) is 0. The summed E-state index contributed by atoms with van der Waals surface area (Å²) in [5.74, 6) is 0. The Balaban J connectivity index is 0.00000121. The Hall–Kier alpha value is 0.423. The van der Waals surface area contributed by atoms with E-state index >= 15 is 0 Å². The van der Waals surface area contributed by atoms with Crippen molar-refractivity contribution in [2.75, 3.05) is 0 Å². The Morgan fingerprint density at radius 3 is 2.18 bits per heavy atom. The molecule has 1 fully saturated rings. The van der Waals surface area contributed by atoms with Gasteiger partial charge in [0.15, 0.2) is 0 Å². The van der Waals surface area contributed by atoms with E-state index in [1.807, 2.05) is 0 Å². The van der Waals surface area contributed by atoms with E-state index in [9.17, 15) is 0 Å². The molecule has 0 bridgehead atoms. The molecular weight excluding hydrogens is 390 g/mol. The molecule has 1 saturated carbocycles. The monoisotopic (exact) mass is 413 g/mol.